The van der Waals surface area contributed by atoms with Crippen LogP contribution in [0.1, 0.15) is 31.2 Å². The van der Waals surface area contributed by atoms with Gasteiger partial charge in [-0.3, -0.25) is 4.79 Å². The lowest BCUT2D eigenvalue weighted by atomic mass is 10.2. The van der Waals surface area contributed by atoms with Gasteiger partial charge < -0.3 is 14.8 Å². The highest BCUT2D eigenvalue weighted by Crippen LogP contribution is 2.17. The summed E-state index contributed by atoms with van der Waals surface area (Å²) < 4.78 is 10.0. The van der Waals surface area contributed by atoms with E-state index in [-0.39, 0.29) is 18.6 Å². The predicted octanol–water partition coefficient (Wildman–Crippen LogP) is 2.31. The summed E-state index contributed by atoms with van der Waals surface area (Å²) in [5, 5.41) is 2.87. The van der Waals surface area contributed by atoms with Gasteiger partial charge in [0.2, 0.25) is 0 Å². The first-order valence-corrected chi connectivity index (χ1v) is 7.45. The second-order valence-electron chi connectivity index (χ2n) is 5.27. The van der Waals surface area contributed by atoms with Crippen molar-refractivity contribution >= 4 is 18.0 Å². The van der Waals surface area contributed by atoms with Crippen LogP contribution in [0.2, 0.25) is 0 Å². The maximum atomic E-state index is 11.6. The summed E-state index contributed by atoms with van der Waals surface area (Å²) in [7, 11) is 1.58. The number of nitrogens with one attached hydrogen (secondary N) is 1. The van der Waals surface area contributed by atoms with Crippen LogP contribution in [-0.4, -0.2) is 31.6 Å². The summed E-state index contributed by atoms with van der Waals surface area (Å²) >= 11 is 0. The fraction of sp³-hybridized carbons (Fsp3) is 0.412. The fourth-order valence-electron chi connectivity index (χ4n) is 2.43. The smallest absolute Gasteiger partial charge is 0.331 e. The van der Waals surface area contributed by atoms with Gasteiger partial charge in [0, 0.05) is 12.1 Å². The highest BCUT2D eigenvalue weighted by molar-refractivity contribution is 5.89. The Morgan fingerprint density at radius 3 is 2.82 bits per heavy atom. The lowest BCUT2D eigenvalue weighted by molar-refractivity contribution is -0.144. The molecule has 0 heterocycles. The van der Waals surface area contributed by atoms with Gasteiger partial charge in [0.25, 0.3) is 5.91 Å². The van der Waals surface area contributed by atoms with Gasteiger partial charge in [-0.15, -0.1) is 0 Å². The number of rotatable bonds is 6. The van der Waals surface area contributed by atoms with Crippen LogP contribution in [0.15, 0.2) is 30.3 Å². The van der Waals surface area contributed by atoms with Crippen LogP contribution in [0.5, 0.6) is 5.75 Å². The number of ether oxygens (including phenoxy) is 2. The number of carbonyl (C=O) groups is 2. The highest BCUT2D eigenvalue weighted by Gasteiger charge is 2.17. The van der Waals surface area contributed by atoms with Gasteiger partial charge in [-0.25, -0.2) is 4.79 Å². The van der Waals surface area contributed by atoms with E-state index in [1.165, 1.54) is 6.08 Å². The largest absolute Gasteiger partial charge is 0.497 e. The minimum Gasteiger partial charge on any atom is -0.497 e. The zero-order chi connectivity index (χ0) is 15.8. The Balaban J connectivity index is 1.74. The van der Waals surface area contributed by atoms with E-state index < -0.39 is 5.97 Å². The summed E-state index contributed by atoms with van der Waals surface area (Å²) in [6.45, 7) is -0.238. The monoisotopic (exact) mass is 303 g/mol. The first-order chi connectivity index (χ1) is 10.7. The first kappa shape index (κ1) is 16.1. The molecular weight excluding hydrogens is 282 g/mol. The molecule has 1 aromatic rings. The summed E-state index contributed by atoms with van der Waals surface area (Å²) in [6.07, 6.45) is 7.24. The van der Waals surface area contributed by atoms with Gasteiger partial charge in [-0.2, -0.15) is 0 Å². The number of hydrogen-bond donors (Lipinski definition) is 1. The molecule has 118 valence electrons. The SMILES string of the molecule is COc1cccc(C=CC(=O)OCC(=O)NC2CCCC2)c1. The van der Waals surface area contributed by atoms with Crippen LogP contribution in [0.3, 0.4) is 0 Å². The van der Waals surface area contributed by atoms with Crippen molar-refractivity contribution in [3.63, 3.8) is 0 Å². The predicted molar refractivity (Wildman–Crippen MR) is 83.4 cm³/mol. The van der Waals surface area contributed by atoms with E-state index in [4.69, 9.17) is 9.47 Å². The first-order valence-electron chi connectivity index (χ1n) is 7.45. The quantitative estimate of drug-likeness (QED) is 0.647. The topological polar surface area (TPSA) is 64.6 Å². The average molecular weight is 303 g/mol. The van der Waals surface area contributed by atoms with E-state index in [2.05, 4.69) is 5.32 Å². The molecule has 1 N–H and O–H groups in total. The van der Waals surface area contributed by atoms with Crippen LogP contribution < -0.4 is 10.1 Å². The maximum absolute atomic E-state index is 11.6. The molecule has 0 bridgehead atoms. The fourth-order valence-corrected chi connectivity index (χ4v) is 2.43. The number of hydrogen-bond acceptors (Lipinski definition) is 4. The minimum atomic E-state index is -0.538. The lowest BCUT2D eigenvalue weighted by Crippen LogP contribution is -2.35. The van der Waals surface area contributed by atoms with Crippen LogP contribution >= 0.6 is 0 Å². The van der Waals surface area contributed by atoms with E-state index in [9.17, 15) is 9.59 Å². The zero-order valence-electron chi connectivity index (χ0n) is 12.7. The Hall–Kier alpha value is -2.30. The van der Waals surface area contributed by atoms with Gasteiger partial charge in [0.05, 0.1) is 7.11 Å². The molecule has 0 saturated heterocycles. The second-order valence-corrected chi connectivity index (χ2v) is 5.27. The van der Waals surface area contributed by atoms with Gasteiger partial charge in [0.1, 0.15) is 5.75 Å². The molecule has 2 rings (SSSR count). The van der Waals surface area contributed by atoms with Gasteiger partial charge in [0.15, 0.2) is 6.61 Å². The number of carbonyl (C=O) groups excluding carboxylic acids is 2. The Morgan fingerprint density at radius 1 is 1.32 bits per heavy atom. The Kier molecular flexibility index (Phi) is 6.01. The summed E-state index contributed by atoms with van der Waals surface area (Å²) in [4.78, 5) is 23.2. The number of benzene rings is 1. The summed E-state index contributed by atoms with van der Waals surface area (Å²) in [5.41, 5.74) is 0.826. The molecule has 1 fully saturated rings. The highest BCUT2D eigenvalue weighted by atomic mass is 16.5. The Morgan fingerprint density at radius 2 is 2.09 bits per heavy atom. The van der Waals surface area contributed by atoms with E-state index in [0.717, 1.165) is 31.2 Å². The molecule has 0 unspecified atom stereocenters. The van der Waals surface area contributed by atoms with Crippen LogP contribution in [0.25, 0.3) is 6.08 Å². The van der Waals surface area contributed by atoms with Gasteiger partial charge in [-0.05, 0) is 36.6 Å². The van der Waals surface area contributed by atoms with Crippen molar-refractivity contribution in [2.24, 2.45) is 0 Å². The molecule has 0 spiro atoms. The molecule has 1 aromatic carbocycles. The minimum absolute atomic E-state index is 0.235. The Labute approximate surface area is 130 Å². The number of methoxy groups -OCH3 is 1. The molecule has 1 saturated carbocycles. The maximum Gasteiger partial charge on any atom is 0.331 e. The molecule has 0 radical (unpaired) electrons. The summed E-state index contributed by atoms with van der Waals surface area (Å²) in [5.74, 6) is -0.0640. The van der Waals surface area contributed by atoms with Crippen molar-refractivity contribution in [2.45, 2.75) is 31.7 Å². The third kappa shape index (κ3) is 5.24. The van der Waals surface area contributed by atoms with Gasteiger partial charge in [-0.1, -0.05) is 25.0 Å². The molecule has 1 aliphatic rings. The third-order valence-corrected chi connectivity index (χ3v) is 3.57. The molecule has 5 nitrogen and oxygen atoms in total. The van der Waals surface area contributed by atoms with Crippen molar-refractivity contribution in [3.8, 4) is 5.75 Å². The lowest BCUT2D eigenvalue weighted by Gasteiger charge is -2.11. The van der Waals surface area contributed by atoms with Crippen molar-refractivity contribution in [3.05, 3.63) is 35.9 Å². The molecule has 0 aromatic heterocycles. The number of esters is 1. The van der Waals surface area contributed by atoms with Crippen molar-refractivity contribution in [2.75, 3.05) is 13.7 Å². The third-order valence-electron chi connectivity index (χ3n) is 3.57. The standard InChI is InChI=1S/C17H21NO4/c1-21-15-8-4-5-13(11-15)9-10-17(20)22-12-16(19)18-14-6-2-3-7-14/h4-5,8-11,14H,2-3,6-7,12H2,1H3,(H,18,19). The second kappa shape index (κ2) is 8.22. The normalized spacial score (nSPS) is 15.0. The van der Waals surface area contributed by atoms with E-state index in [1.54, 1.807) is 19.3 Å². The molecule has 0 atom stereocenters. The van der Waals surface area contributed by atoms with Gasteiger partial charge >= 0.3 is 5.97 Å². The molecule has 0 aliphatic heterocycles. The van der Waals surface area contributed by atoms with Crippen molar-refractivity contribution in [1.82, 2.24) is 5.32 Å². The van der Waals surface area contributed by atoms with E-state index in [0.29, 0.717) is 5.75 Å². The van der Waals surface area contributed by atoms with E-state index >= 15 is 0 Å². The molecule has 1 aliphatic carbocycles. The molecular formula is C17H21NO4. The van der Waals surface area contributed by atoms with Crippen molar-refractivity contribution in [1.29, 1.82) is 0 Å². The average Bonchev–Trinajstić information content (AvgIpc) is 3.04. The molecule has 1 amide bonds. The Bertz CT molecular complexity index is 547. The molecule has 22 heavy (non-hydrogen) atoms. The number of amides is 1. The zero-order valence-corrected chi connectivity index (χ0v) is 12.7. The molecule has 5 heteroatoms. The van der Waals surface area contributed by atoms with Crippen molar-refractivity contribution < 1.29 is 19.1 Å². The van der Waals surface area contributed by atoms with Crippen LogP contribution in [0, 0.1) is 0 Å². The van der Waals surface area contributed by atoms with E-state index in [1.807, 2.05) is 18.2 Å². The van der Waals surface area contributed by atoms with Crippen LogP contribution in [-0.2, 0) is 14.3 Å². The van der Waals surface area contributed by atoms with Crippen LogP contribution in [0.4, 0.5) is 0 Å². The summed E-state index contributed by atoms with van der Waals surface area (Å²) in [6, 6.07) is 7.54.